The molecule has 0 aromatic heterocycles. The number of ether oxygens (including phenoxy) is 1. The van der Waals surface area contributed by atoms with Crippen LogP contribution in [0.15, 0.2) is 95.4 Å². The largest absolute Gasteiger partial charge is 0.457 e. The predicted molar refractivity (Wildman–Crippen MR) is 137 cm³/mol. The molecule has 1 saturated heterocycles. The number of amidine groups is 1. The van der Waals surface area contributed by atoms with E-state index < -0.39 is 35.6 Å². The van der Waals surface area contributed by atoms with Gasteiger partial charge in [0.15, 0.2) is 11.0 Å². The molecule has 0 spiro atoms. The van der Waals surface area contributed by atoms with Crippen LogP contribution in [0.5, 0.6) is 11.5 Å². The molecule has 9 heteroatoms. The standard InChI is InChI=1S/C27H24FN3O4S/c1-16(2)36-27(30-29)31-23(18-7-6-10-21(15-18)35-20-8-4-3-5-9-20)22(25(33)26(31)34)24(32)17-11-13-19(28)14-12-17/h3-15,22-23,25,33H,1,29H2,2H3/b30-27-. The molecule has 3 aromatic carbocycles. The van der Waals surface area contributed by atoms with Crippen LogP contribution < -0.4 is 10.6 Å². The maximum absolute atomic E-state index is 13.6. The number of carbonyl (C=O) groups excluding carboxylic acids is 2. The highest BCUT2D eigenvalue weighted by molar-refractivity contribution is 8.17. The van der Waals surface area contributed by atoms with E-state index in [9.17, 15) is 19.1 Å². The number of amides is 1. The highest BCUT2D eigenvalue weighted by atomic mass is 32.2. The van der Waals surface area contributed by atoms with Gasteiger partial charge in [-0.25, -0.2) is 4.39 Å². The van der Waals surface area contributed by atoms with Gasteiger partial charge in [0.1, 0.15) is 23.4 Å². The Bertz CT molecular complexity index is 1310. The van der Waals surface area contributed by atoms with Crippen molar-refractivity contribution in [2.75, 3.05) is 0 Å². The van der Waals surface area contributed by atoms with E-state index in [2.05, 4.69) is 11.7 Å². The normalized spacial score (nSPS) is 19.9. The Labute approximate surface area is 212 Å². The van der Waals surface area contributed by atoms with Gasteiger partial charge in [0.25, 0.3) is 5.91 Å². The van der Waals surface area contributed by atoms with E-state index in [0.29, 0.717) is 22.0 Å². The maximum atomic E-state index is 13.6. The number of para-hydroxylation sites is 1. The van der Waals surface area contributed by atoms with Crippen molar-refractivity contribution in [3.63, 3.8) is 0 Å². The zero-order valence-electron chi connectivity index (χ0n) is 19.4. The number of halogens is 1. The summed E-state index contributed by atoms with van der Waals surface area (Å²) in [6.07, 6.45) is -1.67. The molecule has 36 heavy (non-hydrogen) atoms. The lowest BCUT2D eigenvalue weighted by molar-refractivity contribution is -0.132. The Morgan fingerprint density at radius 3 is 2.39 bits per heavy atom. The molecule has 3 N–H and O–H groups in total. The summed E-state index contributed by atoms with van der Waals surface area (Å²) in [4.78, 5) is 28.7. The minimum atomic E-state index is -1.67. The summed E-state index contributed by atoms with van der Waals surface area (Å²) < 4.78 is 19.4. The minimum Gasteiger partial charge on any atom is -0.457 e. The number of allylic oxidation sites excluding steroid dienone is 1. The van der Waals surface area contributed by atoms with Crippen molar-refractivity contribution >= 4 is 28.6 Å². The minimum absolute atomic E-state index is 0.0836. The fraction of sp³-hybridized carbons (Fsp3) is 0.148. The van der Waals surface area contributed by atoms with Gasteiger partial charge in [0.2, 0.25) is 0 Å². The van der Waals surface area contributed by atoms with Gasteiger partial charge in [-0.05, 0) is 65.9 Å². The molecule has 1 aliphatic heterocycles. The monoisotopic (exact) mass is 505 g/mol. The molecule has 7 nitrogen and oxygen atoms in total. The topological polar surface area (TPSA) is 105 Å². The predicted octanol–water partition coefficient (Wildman–Crippen LogP) is 4.86. The van der Waals surface area contributed by atoms with Crippen LogP contribution in [-0.4, -0.2) is 33.0 Å². The number of hydrogen-bond acceptors (Lipinski definition) is 7. The number of nitrogens with two attached hydrogens (primary N) is 1. The van der Waals surface area contributed by atoms with E-state index in [1.807, 2.05) is 18.2 Å². The highest BCUT2D eigenvalue weighted by Crippen LogP contribution is 2.43. The number of nitrogens with zero attached hydrogens (tertiary/aromatic N) is 2. The Balaban J connectivity index is 1.80. The molecule has 1 aliphatic rings. The molecule has 1 amide bonds. The van der Waals surface area contributed by atoms with E-state index in [-0.39, 0.29) is 10.7 Å². The molecule has 1 fully saturated rings. The fourth-order valence-corrected chi connectivity index (χ4v) is 4.78. The molecule has 4 rings (SSSR count). The van der Waals surface area contributed by atoms with Crippen molar-refractivity contribution in [1.82, 2.24) is 4.90 Å². The number of aliphatic hydroxyl groups is 1. The number of hydrazone groups is 1. The van der Waals surface area contributed by atoms with Crippen LogP contribution in [0.2, 0.25) is 0 Å². The Hall–Kier alpha value is -3.95. The summed E-state index contributed by atoms with van der Waals surface area (Å²) in [5.41, 5.74) is 0.688. The number of thioether (sulfide) groups is 1. The van der Waals surface area contributed by atoms with Crippen LogP contribution in [0, 0.1) is 11.7 Å². The molecule has 1 heterocycles. The summed E-state index contributed by atoms with van der Waals surface area (Å²) in [5.74, 6) is 3.74. The van der Waals surface area contributed by atoms with Gasteiger partial charge in [-0.3, -0.25) is 14.5 Å². The van der Waals surface area contributed by atoms with Crippen LogP contribution in [0.3, 0.4) is 0 Å². The fourth-order valence-electron chi connectivity index (χ4n) is 4.11. The zero-order chi connectivity index (χ0) is 25.8. The molecule has 0 saturated carbocycles. The second-order valence-corrected chi connectivity index (χ2v) is 9.46. The molecule has 184 valence electrons. The SMILES string of the molecule is C=C(C)S/C(=N\N)N1C(=O)C(O)C(C(=O)c2ccc(F)cc2)C1c1cccc(Oc2ccccc2)c1. The molecule has 3 aromatic rings. The summed E-state index contributed by atoms with van der Waals surface area (Å²) in [6, 6.07) is 20.0. The second-order valence-electron chi connectivity index (χ2n) is 8.20. The van der Waals surface area contributed by atoms with Gasteiger partial charge < -0.3 is 15.7 Å². The smallest absolute Gasteiger partial charge is 0.258 e. The number of ketones is 1. The number of carbonyl (C=O) groups is 2. The quantitative estimate of drug-likeness (QED) is 0.163. The Kier molecular flexibility index (Phi) is 7.52. The van der Waals surface area contributed by atoms with E-state index >= 15 is 0 Å². The Morgan fingerprint density at radius 2 is 1.75 bits per heavy atom. The van der Waals surface area contributed by atoms with Gasteiger partial charge in [-0.15, -0.1) is 0 Å². The summed E-state index contributed by atoms with van der Waals surface area (Å²) in [6.45, 7) is 5.55. The number of aliphatic hydroxyl groups excluding tert-OH is 1. The second kappa shape index (κ2) is 10.8. The molecule has 3 atom stereocenters. The number of Topliss-reactive ketones (excluding diaryl/α,β-unsaturated/α-hetero) is 1. The molecular formula is C27H24FN3O4S. The third kappa shape index (κ3) is 5.17. The van der Waals surface area contributed by atoms with Gasteiger partial charge in [-0.2, -0.15) is 5.10 Å². The first kappa shape index (κ1) is 25.2. The number of rotatable bonds is 6. The van der Waals surface area contributed by atoms with Crippen LogP contribution in [-0.2, 0) is 4.79 Å². The summed E-state index contributed by atoms with van der Waals surface area (Å²) in [5, 5.41) is 14.8. The van der Waals surface area contributed by atoms with Crippen molar-refractivity contribution in [2.45, 2.75) is 19.1 Å². The summed E-state index contributed by atoms with van der Waals surface area (Å²) in [7, 11) is 0. The zero-order valence-corrected chi connectivity index (χ0v) is 20.2. The first-order valence-corrected chi connectivity index (χ1v) is 11.9. The number of likely N-dealkylation sites (tertiary alicyclic amines) is 1. The molecular weight excluding hydrogens is 481 g/mol. The molecule has 0 aliphatic carbocycles. The third-order valence-corrected chi connectivity index (χ3v) is 6.47. The van der Waals surface area contributed by atoms with Gasteiger partial charge in [0.05, 0.1) is 12.0 Å². The maximum Gasteiger partial charge on any atom is 0.258 e. The average molecular weight is 506 g/mol. The highest BCUT2D eigenvalue weighted by Gasteiger charge is 2.53. The van der Waals surface area contributed by atoms with E-state index in [1.165, 1.54) is 17.0 Å². The molecule has 0 radical (unpaired) electrons. The number of benzene rings is 3. The van der Waals surface area contributed by atoms with Crippen molar-refractivity contribution < 1.29 is 23.8 Å². The lowest BCUT2D eigenvalue weighted by Gasteiger charge is -2.28. The van der Waals surface area contributed by atoms with Crippen LogP contribution in [0.25, 0.3) is 0 Å². The van der Waals surface area contributed by atoms with Crippen molar-refractivity contribution in [3.05, 3.63) is 107 Å². The molecule has 3 unspecified atom stereocenters. The van der Waals surface area contributed by atoms with Gasteiger partial charge in [-0.1, -0.05) is 48.7 Å². The Morgan fingerprint density at radius 1 is 1.08 bits per heavy atom. The van der Waals surface area contributed by atoms with Crippen molar-refractivity contribution in [2.24, 2.45) is 16.9 Å². The van der Waals surface area contributed by atoms with Gasteiger partial charge >= 0.3 is 0 Å². The lowest BCUT2D eigenvalue weighted by Crippen LogP contribution is -2.35. The average Bonchev–Trinajstić information content (AvgIpc) is 3.13. The first-order valence-electron chi connectivity index (χ1n) is 11.0. The number of hydrogen-bond donors (Lipinski definition) is 2. The first-order chi connectivity index (χ1) is 17.3. The van der Waals surface area contributed by atoms with Gasteiger partial charge in [0, 0.05) is 5.56 Å². The van der Waals surface area contributed by atoms with E-state index in [4.69, 9.17) is 10.6 Å². The van der Waals surface area contributed by atoms with Crippen LogP contribution >= 0.6 is 11.8 Å². The van der Waals surface area contributed by atoms with Crippen molar-refractivity contribution in [3.8, 4) is 11.5 Å². The third-order valence-electron chi connectivity index (χ3n) is 5.64. The molecule has 0 bridgehead atoms. The van der Waals surface area contributed by atoms with E-state index in [1.54, 1.807) is 43.3 Å². The van der Waals surface area contributed by atoms with Crippen molar-refractivity contribution in [1.29, 1.82) is 0 Å². The van der Waals surface area contributed by atoms with Crippen LogP contribution in [0.4, 0.5) is 4.39 Å². The van der Waals surface area contributed by atoms with Crippen LogP contribution in [0.1, 0.15) is 28.9 Å². The van der Waals surface area contributed by atoms with E-state index in [0.717, 1.165) is 23.9 Å². The summed E-state index contributed by atoms with van der Waals surface area (Å²) >= 11 is 1.05. The lowest BCUT2D eigenvalue weighted by atomic mass is 9.85.